The number of carbonyl (C=O) groups is 2. The maximum atomic E-state index is 12.2. The van der Waals surface area contributed by atoms with Gasteiger partial charge in [0.2, 0.25) is 0 Å². The molecule has 0 aliphatic heterocycles. The number of pyridine rings is 1. The second kappa shape index (κ2) is 5.38. The SMILES string of the molecule is CC(C)N(CC(=O)O)C(=O)c1ccc(C2CC2)cn1. The van der Waals surface area contributed by atoms with Gasteiger partial charge in [-0.15, -0.1) is 0 Å². The van der Waals surface area contributed by atoms with Gasteiger partial charge in [-0.3, -0.25) is 14.6 Å². The van der Waals surface area contributed by atoms with Gasteiger partial charge in [-0.2, -0.15) is 0 Å². The molecule has 0 bridgehead atoms. The lowest BCUT2D eigenvalue weighted by Crippen LogP contribution is -2.41. The van der Waals surface area contributed by atoms with Gasteiger partial charge in [0, 0.05) is 12.2 Å². The van der Waals surface area contributed by atoms with Gasteiger partial charge < -0.3 is 10.0 Å². The van der Waals surface area contributed by atoms with E-state index < -0.39 is 5.97 Å². The average molecular weight is 262 g/mol. The molecule has 1 aliphatic carbocycles. The summed E-state index contributed by atoms with van der Waals surface area (Å²) in [7, 11) is 0. The van der Waals surface area contributed by atoms with E-state index in [1.54, 1.807) is 26.1 Å². The number of aliphatic carboxylic acids is 1. The van der Waals surface area contributed by atoms with E-state index in [0.29, 0.717) is 11.6 Å². The van der Waals surface area contributed by atoms with Crippen molar-refractivity contribution in [1.29, 1.82) is 0 Å². The Labute approximate surface area is 112 Å². The van der Waals surface area contributed by atoms with Crippen LogP contribution in [0.5, 0.6) is 0 Å². The van der Waals surface area contributed by atoms with Crippen LogP contribution in [-0.4, -0.2) is 39.5 Å². The van der Waals surface area contributed by atoms with Gasteiger partial charge in [0.15, 0.2) is 0 Å². The number of rotatable bonds is 5. The van der Waals surface area contributed by atoms with Gasteiger partial charge in [-0.1, -0.05) is 6.07 Å². The zero-order valence-corrected chi connectivity index (χ0v) is 11.2. The molecule has 19 heavy (non-hydrogen) atoms. The summed E-state index contributed by atoms with van der Waals surface area (Å²) in [5, 5.41) is 8.84. The topological polar surface area (TPSA) is 70.5 Å². The Balaban J connectivity index is 2.13. The van der Waals surface area contributed by atoms with E-state index in [-0.39, 0.29) is 18.5 Å². The molecule has 102 valence electrons. The van der Waals surface area contributed by atoms with Crippen LogP contribution >= 0.6 is 0 Å². The van der Waals surface area contributed by atoms with Crippen molar-refractivity contribution in [3.8, 4) is 0 Å². The Hall–Kier alpha value is -1.91. The van der Waals surface area contributed by atoms with Crippen molar-refractivity contribution in [2.75, 3.05) is 6.54 Å². The Morgan fingerprint density at radius 1 is 1.42 bits per heavy atom. The molecule has 0 saturated heterocycles. The smallest absolute Gasteiger partial charge is 0.323 e. The first kappa shape index (κ1) is 13.5. The summed E-state index contributed by atoms with van der Waals surface area (Å²) >= 11 is 0. The molecule has 1 aromatic rings. The number of hydrogen-bond acceptors (Lipinski definition) is 3. The molecule has 0 spiro atoms. The lowest BCUT2D eigenvalue weighted by molar-refractivity contribution is -0.138. The Morgan fingerprint density at radius 3 is 2.53 bits per heavy atom. The Bertz CT molecular complexity index is 478. The van der Waals surface area contributed by atoms with Crippen LogP contribution < -0.4 is 0 Å². The Kier molecular flexibility index (Phi) is 3.83. The maximum Gasteiger partial charge on any atom is 0.323 e. The predicted octanol–water partition coefficient (Wildman–Crippen LogP) is 1.89. The minimum absolute atomic E-state index is 0.173. The van der Waals surface area contributed by atoms with Gasteiger partial charge in [-0.25, -0.2) is 0 Å². The fourth-order valence-corrected chi connectivity index (χ4v) is 1.97. The molecule has 1 N–H and O–H groups in total. The summed E-state index contributed by atoms with van der Waals surface area (Å²) in [6, 6.07) is 3.43. The van der Waals surface area contributed by atoms with Crippen molar-refractivity contribution in [3.63, 3.8) is 0 Å². The van der Waals surface area contributed by atoms with E-state index in [2.05, 4.69) is 4.98 Å². The molecule has 1 fully saturated rings. The summed E-state index contributed by atoms with van der Waals surface area (Å²) in [5.41, 5.74) is 1.46. The van der Waals surface area contributed by atoms with Crippen molar-refractivity contribution in [2.24, 2.45) is 0 Å². The highest BCUT2D eigenvalue weighted by atomic mass is 16.4. The standard InChI is InChI=1S/C14H18N2O3/c1-9(2)16(8-13(17)18)14(19)12-6-5-11(7-15-12)10-3-4-10/h5-7,9-10H,3-4,8H2,1-2H3,(H,17,18). The molecule has 1 heterocycles. The predicted molar refractivity (Wildman–Crippen MR) is 70.0 cm³/mol. The summed E-state index contributed by atoms with van der Waals surface area (Å²) < 4.78 is 0. The van der Waals surface area contributed by atoms with Crippen LogP contribution in [0.3, 0.4) is 0 Å². The first-order chi connectivity index (χ1) is 8.99. The van der Waals surface area contributed by atoms with Crippen LogP contribution in [0.2, 0.25) is 0 Å². The van der Waals surface area contributed by atoms with Crippen LogP contribution in [0.4, 0.5) is 0 Å². The van der Waals surface area contributed by atoms with Crippen molar-refractivity contribution in [3.05, 3.63) is 29.6 Å². The fraction of sp³-hybridized carbons (Fsp3) is 0.500. The molecule has 0 radical (unpaired) electrons. The number of hydrogen-bond donors (Lipinski definition) is 1. The molecule has 0 aromatic carbocycles. The van der Waals surface area contributed by atoms with Crippen LogP contribution in [0, 0.1) is 0 Å². The molecule has 0 atom stereocenters. The molecule has 1 aliphatic rings. The molecule has 5 nitrogen and oxygen atoms in total. The van der Waals surface area contributed by atoms with E-state index in [9.17, 15) is 9.59 Å². The number of nitrogens with zero attached hydrogens (tertiary/aromatic N) is 2. The number of aromatic nitrogens is 1. The summed E-state index contributed by atoms with van der Waals surface area (Å²) in [6.07, 6.45) is 4.10. The number of amides is 1. The number of carbonyl (C=O) groups excluding carboxylic acids is 1. The minimum atomic E-state index is -1.02. The second-order valence-electron chi connectivity index (χ2n) is 5.17. The van der Waals surface area contributed by atoms with Crippen LogP contribution in [0.25, 0.3) is 0 Å². The quantitative estimate of drug-likeness (QED) is 0.879. The zero-order chi connectivity index (χ0) is 14.0. The maximum absolute atomic E-state index is 12.2. The van der Waals surface area contributed by atoms with Crippen LogP contribution in [0.1, 0.15) is 48.7 Å². The molecular weight excluding hydrogens is 244 g/mol. The highest BCUT2D eigenvalue weighted by Crippen LogP contribution is 2.39. The van der Waals surface area contributed by atoms with E-state index >= 15 is 0 Å². The van der Waals surface area contributed by atoms with E-state index in [1.165, 1.54) is 17.7 Å². The summed E-state index contributed by atoms with van der Waals surface area (Å²) in [4.78, 5) is 28.5. The minimum Gasteiger partial charge on any atom is -0.480 e. The number of carboxylic acid groups (broad SMARTS) is 1. The second-order valence-corrected chi connectivity index (χ2v) is 5.17. The highest BCUT2D eigenvalue weighted by Gasteiger charge is 2.25. The monoisotopic (exact) mass is 262 g/mol. The number of carboxylic acids is 1. The van der Waals surface area contributed by atoms with Crippen molar-refractivity contribution < 1.29 is 14.7 Å². The molecule has 1 amide bonds. The first-order valence-corrected chi connectivity index (χ1v) is 6.47. The lowest BCUT2D eigenvalue weighted by atomic mass is 10.1. The van der Waals surface area contributed by atoms with Gasteiger partial charge >= 0.3 is 5.97 Å². The largest absolute Gasteiger partial charge is 0.480 e. The van der Waals surface area contributed by atoms with Gasteiger partial charge in [0.25, 0.3) is 5.91 Å². The van der Waals surface area contributed by atoms with Gasteiger partial charge in [0.1, 0.15) is 12.2 Å². The molecule has 1 saturated carbocycles. The molecular formula is C14H18N2O3. The lowest BCUT2D eigenvalue weighted by Gasteiger charge is -2.24. The van der Waals surface area contributed by atoms with Crippen molar-refractivity contribution in [2.45, 2.75) is 38.6 Å². The zero-order valence-electron chi connectivity index (χ0n) is 11.2. The normalized spacial score (nSPS) is 14.5. The fourth-order valence-electron chi connectivity index (χ4n) is 1.97. The molecule has 0 unspecified atom stereocenters. The summed E-state index contributed by atoms with van der Waals surface area (Å²) in [6.45, 7) is 3.28. The molecule has 5 heteroatoms. The van der Waals surface area contributed by atoms with Crippen molar-refractivity contribution in [1.82, 2.24) is 9.88 Å². The van der Waals surface area contributed by atoms with Gasteiger partial charge in [-0.05, 0) is 44.2 Å². The summed E-state index contributed by atoms with van der Waals surface area (Å²) in [5.74, 6) is -0.756. The highest BCUT2D eigenvalue weighted by molar-refractivity contribution is 5.94. The molecule has 1 aromatic heterocycles. The third-order valence-corrected chi connectivity index (χ3v) is 3.24. The van der Waals surface area contributed by atoms with Crippen LogP contribution in [-0.2, 0) is 4.79 Å². The van der Waals surface area contributed by atoms with E-state index in [1.807, 2.05) is 6.07 Å². The third kappa shape index (κ3) is 3.30. The average Bonchev–Trinajstić information content (AvgIpc) is 3.19. The first-order valence-electron chi connectivity index (χ1n) is 6.47. The molecule has 2 rings (SSSR count). The van der Waals surface area contributed by atoms with Crippen LogP contribution in [0.15, 0.2) is 18.3 Å². The van der Waals surface area contributed by atoms with Gasteiger partial charge in [0.05, 0.1) is 0 Å². The van der Waals surface area contributed by atoms with E-state index in [0.717, 1.165) is 5.56 Å². The van der Waals surface area contributed by atoms with E-state index in [4.69, 9.17) is 5.11 Å². The Morgan fingerprint density at radius 2 is 2.11 bits per heavy atom. The third-order valence-electron chi connectivity index (χ3n) is 3.24. The van der Waals surface area contributed by atoms with Crippen molar-refractivity contribution >= 4 is 11.9 Å².